The predicted octanol–water partition coefficient (Wildman–Crippen LogP) is 3.75. The summed E-state index contributed by atoms with van der Waals surface area (Å²) in [5, 5.41) is -1.79. The van der Waals surface area contributed by atoms with Gasteiger partial charge in [0.15, 0.2) is 0 Å². The summed E-state index contributed by atoms with van der Waals surface area (Å²) in [5.74, 6) is -3.58. The highest BCUT2D eigenvalue weighted by Crippen LogP contribution is 2.63. The van der Waals surface area contributed by atoms with Crippen LogP contribution in [0.25, 0.3) is 0 Å². The van der Waals surface area contributed by atoms with E-state index in [4.69, 9.17) is 0 Å². The summed E-state index contributed by atoms with van der Waals surface area (Å²) in [4.78, 5) is 0. The molecule has 22 heavy (non-hydrogen) atoms. The number of hydrogen-bond donors (Lipinski definition) is 1. The second kappa shape index (κ2) is 5.06. The Balaban J connectivity index is 1.93. The Bertz CT molecular complexity index is 511. The van der Waals surface area contributed by atoms with Crippen molar-refractivity contribution in [2.45, 2.75) is 62.5 Å². The van der Waals surface area contributed by atoms with Crippen LogP contribution in [0.5, 0.6) is 0 Å². The van der Waals surface area contributed by atoms with Crippen LogP contribution in [0, 0.1) is 23.2 Å². The molecule has 4 aliphatic rings. The Morgan fingerprint density at radius 2 is 1.45 bits per heavy atom. The fraction of sp³-hybridized carbons (Fsp3) is 1.00. The second-order valence-electron chi connectivity index (χ2n) is 7.55. The summed E-state index contributed by atoms with van der Waals surface area (Å²) < 4.78 is 84.9. The van der Waals surface area contributed by atoms with Crippen LogP contribution in [-0.2, 0) is 10.1 Å². The van der Waals surface area contributed by atoms with Gasteiger partial charge in [-0.25, -0.2) is 17.6 Å². The maximum absolute atomic E-state index is 13.5. The molecule has 3 nitrogen and oxygen atoms in total. The van der Waals surface area contributed by atoms with Crippen molar-refractivity contribution in [3.8, 4) is 0 Å². The summed E-state index contributed by atoms with van der Waals surface area (Å²) in [5.41, 5.74) is -0.958. The van der Waals surface area contributed by atoms with Crippen LogP contribution in [0.3, 0.4) is 0 Å². The van der Waals surface area contributed by atoms with Gasteiger partial charge in [0.05, 0.1) is 5.25 Å². The quantitative estimate of drug-likeness (QED) is 0.610. The van der Waals surface area contributed by atoms with Gasteiger partial charge in [0.2, 0.25) is 0 Å². The average molecular weight is 344 g/mol. The van der Waals surface area contributed by atoms with E-state index in [0.717, 1.165) is 19.3 Å². The molecule has 0 radical (unpaired) electrons. The molecular formula is C14H20F4O3S. The van der Waals surface area contributed by atoms with E-state index >= 15 is 0 Å². The highest BCUT2D eigenvalue weighted by Gasteiger charge is 2.60. The van der Waals surface area contributed by atoms with Gasteiger partial charge in [0.1, 0.15) is 0 Å². The third-order valence-electron chi connectivity index (χ3n) is 5.90. The van der Waals surface area contributed by atoms with Crippen molar-refractivity contribution in [3.05, 3.63) is 0 Å². The molecule has 4 aliphatic carbocycles. The van der Waals surface area contributed by atoms with Gasteiger partial charge in [-0.2, -0.15) is 8.42 Å². The molecule has 0 aromatic carbocycles. The molecule has 0 aromatic heterocycles. The molecule has 1 unspecified atom stereocenters. The molecule has 0 spiro atoms. The Morgan fingerprint density at radius 1 is 1.05 bits per heavy atom. The molecule has 0 amide bonds. The van der Waals surface area contributed by atoms with Crippen molar-refractivity contribution in [1.82, 2.24) is 0 Å². The van der Waals surface area contributed by atoms with Gasteiger partial charge in [-0.1, -0.05) is 0 Å². The largest absolute Gasteiger partial charge is 0.308 e. The van der Waals surface area contributed by atoms with Crippen molar-refractivity contribution in [3.63, 3.8) is 0 Å². The SMILES string of the molecule is O=S(=O)(O)C(CC(F)(F)C(F)F)C12CC3CC(CC(C3)C1)C2. The molecule has 4 saturated carbocycles. The molecule has 1 atom stereocenters. The normalized spacial score (nSPS) is 39.5. The van der Waals surface area contributed by atoms with E-state index in [2.05, 4.69) is 0 Å². The van der Waals surface area contributed by atoms with Crippen LogP contribution < -0.4 is 0 Å². The minimum atomic E-state index is -4.81. The fourth-order valence-corrected chi connectivity index (χ4v) is 6.90. The van der Waals surface area contributed by atoms with E-state index in [9.17, 15) is 30.5 Å². The van der Waals surface area contributed by atoms with Gasteiger partial charge in [-0.3, -0.25) is 4.55 Å². The van der Waals surface area contributed by atoms with Crippen LogP contribution in [0.15, 0.2) is 0 Å². The fourth-order valence-electron chi connectivity index (χ4n) is 5.55. The topological polar surface area (TPSA) is 54.4 Å². The lowest BCUT2D eigenvalue weighted by molar-refractivity contribution is -0.146. The van der Waals surface area contributed by atoms with Crippen LogP contribution >= 0.6 is 0 Å². The Kier molecular flexibility index (Phi) is 3.79. The van der Waals surface area contributed by atoms with E-state index in [1.54, 1.807) is 0 Å². The standard InChI is InChI=1S/C14H20F4O3S/c15-12(16)14(17,18)7-11(22(19,20)21)13-4-8-1-9(5-13)3-10(2-8)6-13/h8-12H,1-7H2,(H,19,20,21). The molecule has 4 rings (SSSR count). The van der Waals surface area contributed by atoms with Gasteiger partial charge in [-0.05, 0) is 61.7 Å². The lowest BCUT2D eigenvalue weighted by Gasteiger charge is -2.58. The Hall–Kier alpha value is -0.370. The smallest absolute Gasteiger partial charge is 0.285 e. The molecule has 4 fully saturated rings. The second-order valence-corrected chi connectivity index (χ2v) is 9.15. The minimum Gasteiger partial charge on any atom is -0.285 e. The minimum absolute atomic E-state index is 0.274. The summed E-state index contributed by atoms with van der Waals surface area (Å²) in [6.45, 7) is 0. The lowest BCUT2D eigenvalue weighted by atomic mass is 9.48. The molecule has 4 bridgehead atoms. The van der Waals surface area contributed by atoms with Gasteiger partial charge >= 0.3 is 12.3 Å². The van der Waals surface area contributed by atoms with Crippen LogP contribution in [-0.4, -0.2) is 30.6 Å². The van der Waals surface area contributed by atoms with E-state index < -0.39 is 39.6 Å². The maximum Gasteiger partial charge on any atom is 0.308 e. The molecule has 128 valence electrons. The van der Waals surface area contributed by atoms with E-state index in [-0.39, 0.29) is 17.8 Å². The molecule has 0 aliphatic heterocycles. The van der Waals surface area contributed by atoms with Gasteiger partial charge in [0, 0.05) is 6.42 Å². The zero-order valence-corrected chi connectivity index (χ0v) is 12.8. The lowest BCUT2D eigenvalue weighted by Crippen LogP contribution is -2.55. The first kappa shape index (κ1) is 16.5. The molecule has 8 heteroatoms. The van der Waals surface area contributed by atoms with E-state index in [0.29, 0.717) is 19.3 Å². The van der Waals surface area contributed by atoms with Crippen LogP contribution in [0.4, 0.5) is 17.6 Å². The Labute approximate surface area is 127 Å². The van der Waals surface area contributed by atoms with E-state index in [1.165, 1.54) is 0 Å². The molecule has 1 N–H and O–H groups in total. The number of alkyl halides is 4. The first-order chi connectivity index (χ1) is 10.0. The maximum atomic E-state index is 13.5. The monoisotopic (exact) mass is 344 g/mol. The van der Waals surface area contributed by atoms with Gasteiger partial charge in [-0.15, -0.1) is 0 Å². The van der Waals surface area contributed by atoms with Crippen molar-refractivity contribution in [1.29, 1.82) is 0 Å². The summed E-state index contributed by atoms with van der Waals surface area (Å²) in [6, 6.07) is 0. The van der Waals surface area contributed by atoms with Crippen molar-refractivity contribution < 1.29 is 30.5 Å². The molecule has 0 aromatic rings. The highest BCUT2D eigenvalue weighted by atomic mass is 32.2. The van der Waals surface area contributed by atoms with Crippen molar-refractivity contribution in [2.75, 3.05) is 0 Å². The zero-order chi connectivity index (χ0) is 16.3. The third kappa shape index (κ3) is 2.77. The van der Waals surface area contributed by atoms with E-state index in [1.807, 2.05) is 0 Å². The van der Waals surface area contributed by atoms with Gasteiger partial charge < -0.3 is 0 Å². The van der Waals surface area contributed by atoms with Crippen LogP contribution in [0.1, 0.15) is 44.9 Å². The van der Waals surface area contributed by atoms with Crippen molar-refractivity contribution >= 4 is 10.1 Å². The Morgan fingerprint density at radius 3 is 1.77 bits per heavy atom. The third-order valence-corrected chi connectivity index (χ3v) is 7.29. The summed E-state index contributed by atoms with van der Waals surface area (Å²) in [7, 11) is -4.81. The predicted molar refractivity (Wildman–Crippen MR) is 71.5 cm³/mol. The summed E-state index contributed by atoms with van der Waals surface area (Å²) in [6.07, 6.45) is -1.19. The van der Waals surface area contributed by atoms with Crippen LogP contribution in [0.2, 0.25) is 0 Å². The van der Waals surface area contributed by atoms with Gasteiger partial charge in [0.25, 0.3) is 10.1 Å². The first-order valence-electron chi connectivity index (χ1n) is 7.64. The average Bonchev–Trinajstić information content (AvgIpc) is 2.32. The number of rotatable bonds is 5. The molecule has 0 heterocycles. The molecule has 0 saturated heterocycles. The highest BCUT2D eigenvalue weighted by molar-refractivity contribution is 7.86. The number of hydrogen-bond acceptors (Lipinski definition) is 2. The van der Waals surface area contributed by atoms with Crippen molar-refractivity contribution in [2.24, 2.45) is 23.2 Å². The zero-order valence-electron chi connectivity index (χ0n) is 12.0. The first-order valence-corrected chi connectivity index (χ1v) is 9.14. The molecular weight excluding hydrogens is 324 g/mol. The number of halogens is 4. The summed E-state index contributed by atoms with van der Waals surface area (Å²) >= 11 is 0.